The normalized spacial score (nSPS) is 12.0. The van der Waals surface area contributed by atoms with Crippen molar-refractivity contribution in [3.8, 4) is 0 Å². The van der Waals surface area contributed by atoms with Crippen LogP contribution >= 0.6 is 11.6 Å². The van der Waals surface area contributed by atoms with Crippen molar-refractivity contribution in [3.63, 3.8) is 0 Å². The van der Waals surface area contributed by atoms with Crippen molar-refractivity contribution in [1.82, 2.24) is 9.21 Å². The van der Waals surface area contributed by atoms with E-state index in [2.05, 4.69) is 5.32 Å². The summed E-state index contributed by atoms with van der Waals surface area (Å²) in [6.45, 7) is 4.35. The second kappa shape index (κ2) is 9.52. The zero-order chi connectivity index (χ0) is 20.9. The largest absolute Gasteiger partial charge is 0.325 e. The van der Waals surface area contributed by atoms with Crippen molar-refractivity contribution in [2.45, 2.75) is 31.3 Å². The molecule has 0 aliphatic rings. The van der Waals surface area contributed by atoms with E-state index in [-0.39, 0.29) is 23.4 Å². The molecule has 0 atom stereocenters. The van der Waals surface area contributed by atoms with Crippen LogP contribution in [0, 0.1) is 0 Å². The quantitative estimate of drug-likeness (QED) is 0.706. The number of amides is 1. The summed E-state index contributed by atoms with van der Waals surface area (Å²) in [7, 11) is -0.161. The number of halogens is 1. The third kappa shape index (κ3) is 5.78. The summed E-state index contributed by atoms with van der Waals surface area (Å²) in [5, 5.41) is 3.45. The van der Waals surface area contributed by atoms with E-state index in [1.807, 2.05) is 50.1 Å². The van der Waals surface area contributed by atoms with Gasteiger partial charge in [0.2, 0.25) is 15.9 Å². The molecule has 2 aromatic rings. The highest BCUT2D eigenvalue weighted by Gasteiger charge is 2.22. The maximum atomic E-state index is 12.5. The van der Waals surface area contributed by atoms with Gasteiger partial charge in [0.15, 0.2) is 0 Å². The topological polar surface area (TPSA) is 69.7 Å². The summed E-state index contributed by atoms with van der Waals surface area (Å²) >= 11 is 6.15. The molecule has 2 rings (SSSR count). The van der Waals surface area contributed by atoms with Gasteiger partial charge in [-0.3, -0.25) is 9.69 Å². The summed E-state index contributed by atoms with van der Waals surface area (Å²) in [6.07, 6.45) is 0. The van der Waals surface area contributed by atoms with Crippen molar-refractivity contribution in [3.05, 3.63) is 59.1 Å². The van der Waals surface area contributed by atoms with Gasteiger partial charge >= 0.3 is 0 Å². The monoisotopic (exact) mass is 423 g/mol. The number of nitrogens with zero attached hydrogens (tertiary/aromatic N) is 2. The maximum absolute atomic E-state index is 12.5. The van der Waals surface area contributed by atoms with Gasteiger partial charge in [-0.15, -0.1) is 0 Å². The second-order valence-corrected chi connectivity index (χ2v) is 9.36. The average molecular weight is 424 g/mol. The van der Waals surface area contributed by atoms with E-state index in [0.717, 1.165) is 5.56 Å². The predicted molar refractivity (Wildman–Crippen MR) is 113 cm³/mol. The zero-order valence-electron chi connectivity index (χ0n) is 16.5. The highest BCUT2D eigenvalue weighted by Crippen LogP contribution is 2.19. The number of nitrogens with one attached hydrogen (secondary N) is 1. The Morgan fingerprint density at radius 2 is 1.68 bits per heavy atom. The van der Waals surface area contributed by atoms with E-state index < -0.39 is 10.0 Å². The lowest BCUT2D eigenvalue weighted by Gasteiger charge is -2.21. The highest BCUT2D eigenvalue weighted by molar-refractivity contribution is 7.89. The molecule has 1 amide bonds. The molecular formula is C20H26ClN3O3S. The summed E-state index contributed by atoms with van der Waals surface area (Å²) in [5.41, 5.74) is 1.49. The van der Waals surface area contributed by atoms with Gasteiger partial charge in [0.1, 0.15) is 0 Å². The molecule has 6 nitrogen and oxygen atoms in total. The Morgan fingerprint density at radius 1 is 1.07 bits per heavy atom. The number of hydrogen-bond donors (Lipinski definition) is 1. The molecule has 0 heterocycles. The molecule has 0 aliphatic carbocycles. The molecule has 28 heavy (non-hydrogen) atoms. The minimum Gasteiger partial charge on any atom is -0.325 e. The lowest BCUT2D eigenvalue weighted by molar-refractivity contribution is -0.117. The van der Waals surface area contributed by atoms with Gasteiger partial charge < -0.3 is 5.32 Å². The van der Waals surface area contributed by atoms with E-state index in [1.165, 1.54) is 16.4 Å². The molecular weight excluding hydrogens is 398 g/mol. The molecule has 0 saturated carbocycles. The van der Waals surface area contributed by atoms with Crippen molar-refractivity contribution in [1.29, 1.82) is 0 Å². The Bertz CT molecular complexity index is 915. The van der Waals surface area contributed by atoms with Crippen LogP contribution in [0.15, 0.2) is 53.4 Å². The molecule has 0 bridgehead atoms. The van der Waals surface area contributed by atoms with Gasteiger partial charge in [-0.05, 0) is 56.8 Å². The molecule has 0 aromatic heterocycles. The number of rotatable bonds is 8. The van der Waals surface area contributed by atoms with Crippen molar-refractivity contribution in [2.75, 3.05) is 26.0 Å². The fraction of sp³-hybridized carbons (Fsp3) is 0.350. The second-order valence-electron chi connectivity index (χ2n) is 6.95. The standard InChI is InChI=1S/C20H26ClN3O3S/c1-15(2)24(4)28(26,27)18-11-9-17(10-12-18)22-20(25)14-23(3)13-16-7-5-6-8-19(16)21/h5-12,15H,13-14H2,1-4H3,(H,22,25). The number of carbonyl (C=O) groups excluding carboxylic acids is 1. The zero-order valence-corrected chi connectivity index (χ0v) is 18.1. The van der Waals surface area contributed by atoms with Crippen molar-refractivity contribution >= 4 is 33.2 Å². The van der Waals surface area contributed by atoms with E-state index in [9.17, 15) is 13.2 Å². The van der Waals surface area contributed by atoms with Crippen molar-refractivity contribution < 1.29 is 13.2 Å². The maximum Gasteiger partial charge on any atom is 0.243 e. The summed E-state index contributed by atoms with van der Waals surface area (Å²) in [4.78, 5) is 14.3. The Balaban J connectivity index is 1.96. The molecule has 0 aliphatic heterocycles. The first-order valence-corrected chi connectivity index (χ1v) is 10.7. The van der Waals surface area contributed by atoms with Crippen LogP contribution in [-0.2, 0) is 21.4 Å². The minimum atomic E-state index is -3.54. The fourth-order valence-electron chi connectivity index (χ4n) is 2.57. The fourth-order valence-corrected chi connectivity index (χ4v) is 4.14. The molecule has 1 N–H and O–H groups in total. The number of sulfonamides is 1. The third-order valence-corrected chi connectivity index (χ3v) is 6.77. The van der Waals surface area contributed by atoms with Gasteiger partial charge in [-0.2, -0.15) is 4.31 Å². The van der Waals surface area contributed by atoms with Gasteiger partial charge in [-0.25, -0.2) is 8.42 Å². The first-order chi connectivity index (χ1) is 13.1. The van der Waals surface area contributed by atoms with E-state index in [1.54, 1.807) is 19.2 Å². The van der Waals surface area contributed by atoms with Crippen LogP contribution in [-0.4, -0.2) is 50.2 Å². The van der Waals surface area contributed by atoms with Crippen LogP contribution in [0.25, 0.3) is 0 Å². The summed E-state index contributed by atoms with van der Waals surface area (Å²) in [5.74, 6) is -0.190. The number of carbonyl (C=O) groups is 1. The Hall–Kier alpha value is -1.93. The smallest absolute Gasteiger partial charge is 0.243 e. The molecule has 152 valence electrons. The molecule has 2 aromatic carbocycles. The molecule has 0 radical (unpaired) electrons. The Kier molecular flexibility index (Phi) is 7.60. The van der Waals surface area contributed by atoms with Gasteiger partial charge in [0.05, 0.1) is 11.4 Å². The van der Waals surface area contributed by atoms with E-state index in [0.29, 0.717) is 17.3 Å². The predicted octanol–water partition coefficient (Wildman–Crippen LogP) is 3.44. The van der Waals surface area contributed by atoms with Crippen LogP contribution in [0.1, 0.15) is 19.4 Å². The first kappa shape index (κ1) is 22.4. The minimum absolute atomic E-state index is 0.141. The highest BCUT2D eigenvalue weighted by atomic mass is 35.5. The molecule has 0 saturated heterocycles. The third-order valence-electron chi connectivity index (χ3n) is 4.35. The van der Waals surface area contributed by atoms with E-state index in [4.69, 9.17) is 11.6 Å². The Labute approximate surface area is 172 Å². The number of likely N-dealkylation sites (N-methyl/N-ethyl adjacent to an activating group) is 1. The van der Waals surface area contributed by atoms with Gasteiger partial charge in [-0.1, -0.05) is 29.8 Å². The Morgan fingerprint density at radius 3 is 2.25 bits per heavy atom. The van der Waals surface area contributed by atoms with Crippen LogP contribution in [0.2, 0.25) is 5.02 Å². The van der Waals surface area contributed by atoms with Crippen LogP contribution < -0.4 is 5.32 Å². The average Bonchev–Trinajstić information content (AvgIpc) is 2.63. The van der Waals surface area contributed by atoms with Crippen molar-refractivity contribution in [2.24, 2.45) is 0 Å². The lowest BCUT2D eigenvalue weighted by atomic mass is 10.2. The van der Waals surface area contributed by atoms with Crippen LogP contribution in [0.4, 0.5) is 5.69 Å². The first-order valence-electron chi connectivity index (χ1n) is 8.91. The summed E-state index contributed by atoms with van der Waals surface area (Å²) < 4.78 is 26.3. The molecule has 0 fully saturated rings. The number of benzene rings is 2. The van der Waals surface area contributed by atoms with Crippen LogP contribution in [0.5, 0.6) is 0 Å². The van der Waals surface area contributed by atoms with Gasteiger partial charge in [0, 0.05) is 30.3 Å². The lowest BCUT2D eigenvalue weighted by Crippen LogP contribution is -2.33. The summed E-state index contributed by atoms with van der Waals surface area (Å²) in [6, 6.07) is 13.5. The molecule has 0 spiro atoms. The van der Waals surface area contributed by atoms with Gasteiger partial charge in [0.25, 0.3) is 0 Å². The van der Waals surface area contributed by atoms with Crippen LogP contribution in [0.3, 0.4) is 0 Å². The molecule has 8 heteroatoms. The SMILES string of the molecule is CC(C)N(C)S(=O)(=O)c1ccc(NC(=O)CN(C)Cc2ccccc2Cl)cc1. The number of anilines is 1. The van der Waals surface area contributed by atoms with E-state index >= 15 is 0 Å². The number of hydrogen-bond acceptors (Lipinski definition) is 4. The molecule has 0 unspecified atom stereocenters.